The molecule has 0 radical (unpaired) electrons. The van der Waals surface area contributed by atoms with Gasteiger partial charge in [-0.15, -0.1) is 0 Å². The highest BCUT2D eigenvalue weighted by atomic mass is 32.2. The van der Waals surface area contributed by atoms with Crippen molar-refractivity contribution in [3.05, 3.63) is 23.9 Å². The monoisotopic (exact) mass is 345 g/mol. The molecular weight excluding hydrogens is 320 g/mol. The maximum absolute atomic E-state index is 12.9. The summed E-state index contributed by atoms with van der Waals surface area (Å²) in [5.41, 5.74) is 1.02. The van der Waals surface area contributed by atoms with Crippen LogP contribution >= 0.6 is 0 Å². The smallest absolute Gasteiger partial charge is 0.282 e. The van der Waals surface area contributed by atoms with E-state index in [9.17, 15) is 13.0 Å². The van der Waals surface area contributed by atoms with Crippen LogP contribution in [0.15, 0.2) is 18.3 Å². The molecule has 1 unspecified atom stereocenters. The average molecular weight is 345 g/mol. The van der Waals surface area contributed by atoms with Gasteiger partial charge in [-0.1, -0.05) is 19.9 Å². The van der Waals surface area contributed by atoms with E-state index in [0.29, 0.717) is 18.2 Å². The minimum Gasteiger partial charge on any atom is -0.344 e. The molecule has 0 amide bonds. The van der Waals surface area contributed by atoms with Crippen molar-refractivity contribution in [1.29, 1.82) is 0 Å². The van der Waals surface area contributed by atoms with Crippen molar-refractivity contribution in [1.82, 2.24) is 4.98 Å². The van der Waals surface area contributed by atoms with Gasteiger partial charge in [-0.25, -0.2) is 18.0 Å². The Morgan fingerprint density at radius 2 is 2.00 bits per heavy atom. The largest absolute Gasteiger partial charge is 0.344 e. The molecule has 1 fully saturated rings. The maximum Gasteiger partial charge on any atom is 0.282 e. The van der Waals surface area contributed by atoms with Crippen LogP contribution in [-0.4, -0.2) is 33.0 Å². The summed E-state index contributed by atoms with van der Waals surface area (Å²) < 4.78 is 37.1. The van der Waals surface area contributed by atoms with Crippen LogP contribution in [0.2, 0.25) is 0 Å². The van der Waals surface area contributed by atoms with Crippen molar-refractivity contribution < 1.29 is 13.0 Å². The highest BCUT2D eigenvalue weighted by Crippen LogP contribution is 2.36. The van der Waals surface area contributed by atoms with E-state index in [1.165, 1.54) is 0 Å². The molecule has 0 bridgehead atoms. The van der Waals surface area contributed by atoms with Crippen LogP contribution in [0.3, 0.4) is 0 Å². The molecule has 0 aromatic carbocycles. The number of hydrogen-bond acceptors (Lipinski definition) is 3. The van der Waals surface area contributed by atoms with Gasteiger partial charge in [0.25, 0.3) is 5.92 Å². The Bertz CT molecular complexity index is 567. The third-order valence-electron chi connectivity index (χ3n) is 4.43. The lowest BCUT2D eigenvalue weighted by Crippen LogP contribution is -2.56. The lowest BCUT2D eigenvalue weighted by Gasteiger charge is -2.39. The van der Waals surface area contributed by atoms with Gasteiger partial charge in [0.2, 0.25) is 0 Å². The van der Waals surface area contributed by atoms with Gasteiger partial charge < -0.3 is 4.90 Å². The van der Waals surface area contributed by atoms with E-state index in [0.717, 1.165) is 5.56 Å². The van der Waals surface area contributed by atoms with Crippen LogP contribution in [0.25, 0.3) is 0 Å². The Morgan fingerprint density at radius 3 is 2.39 bits per heavy atom. The molecule has 0 aliphatic carbocycles. The molecule has 130 valence electrons. The minimum atomic E-state index is -2.60. The second kappa shape index (κ2) is 6.43. The Morgan fingerprint density at radius 1 is 1.39 bits per heavy atom. The van der Waals surface area contributed by atoms with Crippen molar-refractivity contribution in [3.8, 4) is 0 Å². The zero-order valence-electron chi connectivity index (χ0n) is 14.1. The van der Waals surface area contributed by atoms with Gasteiger partial charge in [0, 0.05) is 6.20 Å². The topological polar surface area (TPSA) is 59.2 Å². The Kier molecular flexibility index (Phi) is 5.11. The second-order valence-electron chi connectivity index (χ2n) is 7.27. The molecule has 2 N–H and O–H groups in total. The summed E-state index contributed by atoms with van der Waals surface area (Å²) in [7, 11) is -1.41. The lowest BCUT2D eigenvalue weighted by atomic mass is 9.82. The van der Waals surface area contributed by atoms with Crippen molar-refractivity contribution >= 4 is 16.8 Å². The summed E-state index contributed by atoms with van der Waals surface area (Å²) in [5.74, 6) is -1.53. The summed E-state index contributed by atoms with van der Waals surface area (Å²) in [6.07, 6.45) is 2.42. The molecule has 23 heavy (non-hydrogen) atoms. The van der Waals surface area contributed by atoms with Gasteiger partial charge in [0.15, 0.2) is 0 Å². The molecule has 4 nitrogen and oxygen atoms in total. The summed E-state index contributed by atoms with van der Waals surface area (Å²) in [4.78, 5) is 5.89. The van der Waals surface area contributed by atoms with Crippen LogP contribution in [0.1, 0.15) is 45.6 Å². The van der Waals surface area contributed by atoms with Crippen LogP contribution in [0.4, 0.5) is 14.6 Å². The number of nitrogens with two attached hydrogens (primary N) is 1. The van der Waals surface area contributed by atoms with Gasteiger partial charge in [-0.3, -0.25) is 5.14 Å². The summed E-state index contributed by atoms with van der Waals surface area (Å²) in [6, 6.07) is 3.71. The molecule has 7 heteroatoms. The molecule has 0 saturated carbocycles. The van der Waals surface area contributed by atoms with Gasteiger partial charge >= 0.3 is 0 Å². The van der Waals surface area contributed by atoms with Gasteiger partial charge in [-0.05, 0) is 43.7 Å². The standard InChI is InChI=1S/C16H25F2N3OS/c1-11(2)13(7-15(3,4)23(19)22)12-5-6-14(20-8-12)21-9-16(17,18)10-21/h5-6,8,11,13H,7,9-10,19H2,1-4H3/t13-,23?/m0/s1. The molecule has 1 saturated heterocycles. The fourth-order valence-corrected chi connectivity index (χ4v) is 3.17. The molecule has 1 aliphatic rings. The molecule has 1 aromatic heterocycles. The molecule has 1 aromatic rings. The van der Waals surface area contributed by atoms with Crippen molar-refractivity contribution in [2.45, 2.75) is 50.7 Å². The number of halogens is 2. The zero-order chi connectivity index (χ0) is 17.4. The second-order valence-corrected chi connectivity index (χ2v) is 8.97. The summed E-state index contributed by atoms with van der Waals surface area (Å²) in [5, 5.41) is 5.59. The van der Waals surface area contributed by atoms with Crippen LogP contribution < -0.4 is 10.0 Å². The summed E-state index contributed by atoms with van der Waals surface area (Å²) >= 11 is 0. The highest BCUT2D eigenvalue weighted by molar-refractivity contribution is 7.84. The zero-order valence-corrected chi connectivity index (χ0v) is 14.9. The molecule has 2 rings (SSSR count). The predicted octanol–water partition coefficient (Wildman–Crippen LogP) is 3.07. The number of rotatable bonds is 6. The normalized spacial score (nSPS) is 20.3. The van der Waals surface area contributed by atoms with E-state index in [2.05, 4.69) is 18.8 Å². The molecule has 0 spiro atoms. The minimum absolute atomic E-state index is 0.164. The van der Waals surface area contributed by atoms with Crippen molar-refractivity contribution in [2.75, 3.05) is 18.0 Å². The number of nitrogens with zero attached hydrogens (tertiary/aromatic N) is 2. The van der Waals surface area contributed by atoms with Crippen LogP contribution in [0, 0.1) is 5.92 Å². The Balaban J connectivity index is 2.13. The van der Waals surface area contributed by atoms with Crippen molar-refractivity contribution in [2.24, 2.45) is 11.1 Å². The third-order valence-corrected chi connectivity index (χ3v) is 5.68. The first-order chi connectivity index (χ1) is 10.5. The first-order valence-electron chi connectivity index (χ1n) is 7.77. The van der Waals surface area contributed by atoms with E-state index < -0.39 is 21.7 Å². The van der Waals surface area contributed by atoms with Crippen molar-refractivity contribution in [3.63, 3.8) is 0 Å². The fourth-order valence-electron chi connectivity index (χ4n) is 2.83. The summed E-state index contributed by atoms with van der Waals surface area (Å²) in [6.45, 7) is 7.44. The third kappa shape index (κ3) is 4.26. The maximum atomic E-state index is 12.9. The van der Waals surface area contributed by atoms with E-state index in [1.54, 1.807) is 17.2 Å². The van der Waals surface area contributed by atoms with E-state index in [-0.39, 0.29) is 19.0 Å². The number of alkyl halides is 2. The predicted molar refractivity (Wildman–Crippen MR) is 90.0 cm³/mol. The first kappa shape index (κ1) is 18.3. The van der Waals surface area contributed by atoms with E-state index >= 15 is 0 Å². The first-order valence-corrected chi connectivity index (χ1v) is 8.98. The number of pyridine rings is 1. The van der Waals surface area contributed by atoms with E-state index in [4.69, 9.17) is 5.14 Å². The number of anilines is 1. The van der Waals surface area contributed by atoms with E-state index in [1.807, 2.05) is 19.9 Å². The molecule has 2 atom stereocenters. The molecule has 2 heterocycles. The fraction of sp³-hybridized carbons (Fsp3) is 0.688. The van der Waals surface area contributed by atoms with Crippen LogP contribution in [0.5, 0.6) is 0 Å². The Hall–Kier alpha value is -1.08. The van der Waals surface area contributed by atoms with Crippen LogP contribution in [-0.2, 0) is 11.0 Å². The van der Waals surface area contributed by atoms with Gasteiger partial charge in [-0.2, -0.15) is 0 Å². The molecular formula is C16H25F2N3OS. The highest BCUT2D eigenvalue weighted by Gasteiger charge is 2.44. The average Bonchev–Trinajstić information content (AvgIpc) is 2.42. The Labute approximate surface area is 139 Å². The van der Waals surface area contributed by atoms with Gasteiger partial charge in [0.05, 0.1) is 28.8 Å². The SMILES string of the molecule is CC(C)[C@H](CC(C)(C)S(N)=O)c1ccc(N2CC(F)(F)C2)nc1. The quantitative estimate of drug-likeness (QED) is 0.862. The molecule has 1 aliphatic heterocycles. The number of aromatic nitrogens is 1. The number of hydrogen-bond donors (Lipinski definition) is 1. The lowest BCUT2D eigenvalue weighted by molar-refractivity contribution is -0.0267. The van der Waals surface area contributed by atoms with Gasteiger partial charge in [0.1, 0.15) is 5.82 Å².